The molecule has 0 aromatic heterocycles. The summed E-state index contributed by atoms with van der Waals surface area (Å²) in [5.74, 6) is -0.643. The lowest BCUT2D eigenvalue weighted by Crippen LogP contribution is -2.39. The topological polar surface area (TPSA) is 46.6 Å². The molecule has 0 fully saturated rings. The van der Waals surface area contributed by atoms with Crippen LogP contribution in [0.25, 0.3) is 6.08 Å². The quantitative estimate of drug-likeness (QED) is 0.589. The van der Waals surface area contributed by atoms with E-state index < -0.39 is 5.97 Å². The fourth-order valence-corrected chi connectivity index (χ4v) is 3.65. The number of amides is 1. The van der Waals surface area contributed by atoms with E-state index in [4.69, 9.17) is 16.3 Å². The molecule has 0 saturated heterocycles. The highest BCUT2D eigenvalue weighted by Gasteiger charge is 2.30. The van der Waals surface area contributed by atoms with Crippen molar-refractivity contribution in [2.24, 2.45) is 0 Å². The summed E-state index contributed by atoms with van der Waals surface area (Å²) in [7, 11) is 0. The monoisotopic (exact) mass is 373 g/mol. The molecule has 6 heteroatoms. The van der Waals surface area contributed by atoms with Crippen molar-refractivity contribution in [3.8, 4) is 0 Å². The number of rotatable bonds is 4. The lowest BCUT2D eigenvalue weighted by atomic mass is 10.2. The van der Waals surface area contributed by atoms with Crippen LogP contribution in [0.1, 0.15) is 12.5 Å². The molecule has 0 radical (unpaired) electrons. The second-order valence-electron chi connectivity index (χ2n) is 5.33. The van der Waals surface area contributed by atoms with Gasteiger partial charge in [-0.1, -0.05) is 47.6 Å². The van der Waals surface area contributed by atoms with Crippen molar-refractivity contribution in [2.75, 3.05) is 18.1 Å². The number of carbonyl (C=O) groups excluding carboxylic acids is 2. The van der Waals surface area contributed by atoms with Crippen LogP contribution in [0, 0.1) is 0 Å². The molecule has 0 saturated carbocycles. The van der Waals surface area contributed by atoms with Crippen LogP contribution in [0.3, 0.4) is 0 Å². The van der Waals surface area contributed by atoms with Gasteiger partial charge in [-0.2, -0.15) is 0 Å². The summed E-state index contributed by atoms with van der Waals surface area (Å²) in [6.07, 6.45) is 1.80. The zero-order chi connectivity index (χ0) is 17.8. The van der Waals surface area contributed by atoms with E-state index in [9.17, 15) is 9.59 Å². The van der Waals surface area contributed by atoms with Gasteiger partial charge in [0, 0.05) is 9.92 Å². The maximum absolute atomic E-state index is 12.9. The number of nitrogens with zero attached hydrogens (tertiary/aromatic N) is 1. The first kappa shape index (κ1) is 17.6. The average molecular weight is 374 g/mol. The standard InChI is InChI=1S/C19H16ClNO3S/c1-2-24-18(22)12-21-15-5-3-4-6-16(15)25-17(19(21)23)11-13-7-9-14(20)10-8-13/h3-11H,2,12H2,1H3. The molecule has 0 spiro atoms. The third-order valence-corrected chi connectivity index (χ3v) is 4.92. The first-order valence-electron chi connectivity index (χ1n) is 7.80. The largest absolute Gasteiger partial charge is 0.465 e. The number of carbonyl (C=O) groups is 2. The van der Waals surface area contributed by atoms with Crippen molar-refractivity contribution < 1.29 is 14.3 Å². The Balaban J connectivity index is 1.96. The Morgan fingerprint density at radius 1 is 1.20 bits per heavy atom. The van der Waals surface area contributed by atoms with Gasteiger partial charge in [0.2, 0.25) is 0 Å². The molecular formula is C19H16ClNO3S. The van der Waals surface area contributed by atoms with Gasteiger partial charge in [0.15, 0.2) is 0 Å². The van der Waals surface area contributed by atoms with Crippen molar-refractivity contribution in [1.29, 1.82) is 0 Å². The number of halogens is 1. The molecular weight excluding hydrogens is 358 g/mol. The molecule has 128 valence electrons. The van der Waals surface area contributed by atoms with E-state index in [2.05, 4.69) is 0 Å². The SMILES string of the molecule is CCOC(=O)CN1C(=O)C(=Cc2ccc(Cl)cc2)Sc2ccccc21. The van der Waals surface area contributed by atoms with Gasteiger partial charge >= 0.3 is 5.97 Å². The number of hydrogen-bond donors (Lipinski definition) is 0. The Morgan fingerprint density at radius 3 is 2.64 bits per heavy atom. The molecule has 0 N–H and O–H groups in total. The van der Waals surface area contributed by atoms with E-state index in [0.717, 1.165) is 16.1 Å². The minimum atomic E-state index is -0.427. The number of hydrogen-bond acceptors (Lipinski definition) is 4. The Hall–Kier alpha value is -2.24. The van der Waals surface area contributed by atoms with Crippen molar-refractivity contribution in [3.63, 3.8) is 0 Å². The highest BCUT2D eigenvalue weighted by atomic mass is 35.5. The van der Waals surface area contributed by atoms with E-state index >= 15 is 0 Å². The predicted octanol–water partition coefficient (Wildman–Crippen LogP) is 4.38. The van der Waals surface area contributed by atoms with Crippen LogP contribution in [0.2, 0.25) is 5.02 Å². The third kappa shape index (κ3) is 4.06. The highest BCUT2D eigenvalue weighted by molar-refractivity contribution is 8.04. The minimum absolute atomic E-state index is 0.109. The molecule has 0 unspecified atom stereocenters. The van der Waals surface area contributed by atoms with Crippen LogP contribution in [-0.2, 0) is 14.3 Å². The zero-order valence-electron chi connectivity index (χ0n) is 13.6. The molecule has 25 heavy (non-hydrogen) atoms. The van der Waals surface area contributed by atoms with Crippen LogP contribution in [0.5, 0.6) is 0 Å². The molecule has 0 atom stereocenters. The van der Waals surface area contributed by atoms with Crippen LogP contribution in [0.15, 0.2) is 58.3 Å². The van der Waals surface area contributed by atoms with Gasteiger partial charge in [-0.3, -0.25) is 14.5 Å². The summed E-state index contributed by atoms with van der Waals surface area (Å²) in [5.41, 5.74) is 1.59. The van der Waals surface area contributed by atoms with E-state index in [1.54, 1.807) is 25.1 Å². The van der Waals surface area contributed by atoms with Crippen LogP contribution in [-0.4, -0.2) is 25.0 Å². The first-order valence-corrected chi connectivity index (χ1v) is 8.99. The predicted molar refractivity (Wildman–Crippen MR) is 101 cm³/mol. The third-order valence-electron chi connectivity index (χ3n) is 3.59. The highest BCUT2D eigenvalue weighted by Crippen LogP contribution is 2.41. The van der Waals surface area contributed by atoms with E-state index in [1.165, 1.54) is 16.7 Å². The summed E-state index contributed by atoms with van der Waals surface area (Å²) < 4.78 is 5.00. The van der Waals surface area contributed by atoms with Crippen molar-refractivity contribution in [2.45, 2.75) is 11.8 Å². The molecule has 0 bridgehead atoms. The van der Waals surface area contributed by atoms with Crippen LogP contribution in [0.4, 0.5) is 5.69 Å². The van der Waals surface area contributed by atoms with Gasteiger partial charge in [-0.15, -0.1) is 0 Å². The average Bonchev–Trinajstić information content (AvgIpc) is 2.60. The number of anilines is 1. The lowest BCUT2D eigenvalue weighted by Gasteiger charge is -2.29. The molecule has 1 aliphatic rings. The van der Waals surface area contributed by atoms with E-state index in [1.807, 2.05) is 36.4 Å². The van der Waals surface area contributed by atoms with E-state index in [0.29, 0.717) is 9.93 Å². The maximum Gasteiger partial charge on any atom is 0.326 e. The Kier molecular flexibility index (Phi) is 5.46. The number of benzene rings is 2. The zero-order valence-corrected chi connectivity index (χ0v) is 15.1. The Morgan fingerprint density at radius 2 is 1.92 bits per heavy atom. The number of thioether (sulfide) groups is 1. The number of esters is 1. The fourth-order valence-electron chi connectivity index (χ4n) is 2.47. The summed E-state index contributed by atoms with van der Waals surface area (Å²) in [5, 5.41) is 0.638. The van der Waals surface area contributed by atoms with E-state index in [-0.39, 0.29) is 19.1 Å². The molecule has 4 nitrogen and oxygen atoms in total. The van der Waals surface area contributed by atoms with Crippen molar-refractivity contribution >= 4 is 47.0 Å². The van der Waals surface area contributed by atoms with Gasteiger partial charge < -0.3 is 4.74 Å². The van der Waals surface area contributed by atoms with Crippen LogP contribution < -0.4 is 4.90 Å². The number of fused-ring (bicyclic) bond motifs is 1. The van der Waals surface area contributed by atoms with Gasteiger partial charge in [-0.05, 0) is 42.8 Å². The van der Waals surface area contributed by atoms with Gasteiger partial charge in [-0.25, -0.2) is 0 Å². The maximum atomic E-state index is 12.9. The molecule has 1 amide bonds. The fraction of sp³-hybridized carbons (Fsp3) is 0.158. The summed E-state index contributed by atoms with van der Waals surface area (Å²) >= 11 is 7.30. The van der Waals surface area contributed by atoms with Gasteiger partial charge in [0.05, 0.1) is 17.2 Å². The normalized spacial score (nSPS) is 15.2. The van der Waals surface area contributed by atoms with Crippen molar-refractivity contribution in [1.82, 2.24) is 0 Å². The molecule has 0 aliphatic carbocycles. The Bertz CT molecular complexity index is 833. The molecule has 2 aromatic carbocycles. The lowest BCUT2D eigenvalue weighted by molar-refractivity contribution is -0.142. The van der Waals surface area contributed by atoms with Gasteiger partial charge in [0.25, 0.3) is 5.91 Å². The second-order valence-corrected chi connectivity index (χ2v) is 6.85. The number of para-hydroxylation sites is 1. The molecule has 3 rings (SSSR count). The summed E-state index contributed by atoms with van der Waals surface area (Å²) in [6, 6.07) is 14.8. The van der Waals surface area contributed by atoms with Gasteiger partial charge in [0.1, 0.15) is 6.54 Å². The molecule has 1 heterocycles. The van der Waals surface area contributed by atoms with Crippen LogP contribution >= 0.6 is 23.4 Å². The van der Waals surface area contributed by atoms with Crippen molar-refractivity contribution in [3.05, 3.63) is 64.0 Å². The summed E-state index contributed by atoms with van der Waals surface area (Å²) in [4.78, 5) is 27.7. The molecule has 1 aliphatic heterocycles. The Labute approximate surface area is 155 Å². The number of ether oxygens (including phenoxy) is 1. The smallest absolute Gasteiger partial charge is 0.326 e. The second kappa shape index (κ2) is 7.76. The summed E-state index contributed by atoms with van der Waals surface area (Å²) in [6.45, 7) is 1.92. The molecule has 2 aromatic rings. The first-order chi connectivity index (χ1) is 12.1. The minimum Gasteiger partial charge on any atom is -0.465 e.